The fourth-order valence-electron chi connectivity index (χ4n) is 3.83. The molecular formula is C21H23FN2O3. The van der Waals surface area contributed by atoms with Crippen molar-refractivity contribution in [2.24, 2.45) is 5.92 Å². The number of nitrogens with zero attached hydrogens (tertiary/aromatic N) is 2. The third-order valence-corrected chi connectivity index (χ3v) is 5.48. The van der Waals surface area contributed by atoms with Gasteiger partial charge in [0.05, 0.1) is 32.7 Å². The summed E-state index contributed by atoms with van der Waals surface area (Å²) in [5.41, 5.74) is 1.66. The molecule has 0 radical (unpaired) electrons. The Kier molecular flexibility index (Phi) is 5.18. The fourth-order valence-corrected chi connectivity index (χ4v) is 3.83. The van der Waals surface area contributed by atoms with Gasteiger partial charge in [-0.2, -0.15) is 0 Å². The monoisotopic (exact) mass is 370 g/mol. The van der Waals surface area contributed by atoms with Gasteiger partial charge in [0.2, 0.25) is 5.91 Å². The number of carbonyl (C=O) groups is 1. The van der Waals surface area contributed by atoms with Gasteiger partial charge in [-0.15, -0.1) is 0 Å². The first-order chi connectivity index (χ1) is 13.1. The maximum atomic E-state index is 13.0. The van der Waals surface area contributed by atoms with E-state index in [1.807, 2.05) is 17.0 Å². The van der Waals surface area contributed by atoms with Crippen molar-refractivity contribution < 1.29 is 18.7 Å². The quantitative estimate of drug-likeness (QED) is 0.784. The third kappa shape index (κ3) is 4.01. The Morgan fingerprint density at radius 3 is 2.67 bits per heavy atom. The van der Waals surface area contributed by atoms with Gasteiger partial charge in [0.1, 0.15) is 11.4 Å². The topological polar surface area (TPSA) is 51.7 Å². The highest BCUT2D eigenvalue weighted by molar-refractivity contribution is 5.80. The number of carbonyl (C=O) groups excluding carboxylic acids is 1. The van der Waals surface area contributed by atoms with Crippen LogP contribution in [0.15, 0.2) is 48.8 Å². The standard InChI is InChI=1S/C21H23FN2O3/c22-19-3-1-16(2-4-19)11-20(25)24-14-21(15-24)18(7-10-27-21)13-26-12-17-5-8-23-9-6-17/h1-6,8-9,18H,7,10-15H2. The van der Waals surface area contributed by atoms with Crippen molar-refractivity contribution >= 4 is 5.91 Å². The number of aromatic nitrogens is 1. The third-order valence-electron chi connectivity index (χ3n) is 5.48. The Bertz CT molecular complexity index is 776. The molecular weight excluding hydrogens is 347 g/mol. The van der Waals surface area contributed by atoms with E-state index in [-0.39, 0.29) is 17.3 Å². The van der Waals surface area contributed by atoms with Gasteiger partial charge in [-0.05, 0) is 41.8 Å². The minimum atomic E-state index is -0.289. The summed E-state index contributed by atoms with van der Waals surface area (Å²) in [6.45, 7) is 3.11. The van der Waals surface area contributed by atoms with Crippen molar-refractivity contribution in [1.29, 1.82) is 0 Å². The number of ether oxygens (including phenoxy) is 2. The first kappa shape index (κ1) is 18.1. The molecule has 1 spiro atoms. The minimum absolute atomic E-state index is 0.0548. The molecule has 1 aromatic heterocycles. The molecule has 2 aromatic rings. The molecule has 0 saturated carbocycles. The van der Waals surface area contributed by atoms with Crippen LogP contribution >= 0.6 is 0 Å². The van der Waals surface area contributed by atoms with E-state index in [4.69, 9.17) is 9.47 Å². The second-order valence-corrected chi connectivity index (χ2v) is 7.32. The van der Waals surface area contributed by atoms with Gasteiger partial charge < -0.3 is 14.4 Å². The maximum Gasteiger partial charge on any atom is 0.227 e. The molecule has 1 aromatic carbocycles. The largest absolute Gasteiger partial charge is 0.376 e. The Balaban J connectivity index is 1.27. The summed E-state index contributed by atoms with van der Waals surface area (Å²) in [6, 6.07) is 9.97. The molecule has 4 rings (SSSR count). The molecule has 3 heterocycles. The van der Waals surface area contributed by atoms with E-state index in [0.29, 0.717) is 45.2 Å². The molecule has 2 aliphatic heterocycles. The summed E-state index contributed by atoms with van der Waals surface area (Å²) in [7, 11) is 0. The summed E-state index contributed by atoms with van der Waals surface area (Å²) >= 11 is 0. The number of amides is 1. The van der Waals surface area contributed by atoms with Crippen molar-refractivity contribution in [3.05, 3.63) is 65.7 Å². The molecule has 5 nitrogen and oxygen atoms in total. The number of benzene rings is 1. The number of hydrogen-bond donors (Lipinski definition) is 0. The molecule has 2 aliphatic rings. The highest BCUT2D eigenvalue weighted by Crippen LogP contribution is 2.40. The smallest absolute Gasteiger partial charge is 0.227 e. The van der Waals surface area contributed by atoms with Gasteiger partial charge in [0.15, 0.2) is 0 Å². The number of rotatable bonds is 6. The summed E-state index contributed by atoms with van der Waals surface area (Å²) in [4.78, 5) is 18.3. The molecule has 0 bridgehead atoms. The zero-order valence-corrected chi connectivity index (χ0v) is 15.1. The van der Waals surface area contributed by atoms with Crippen molar-refractivity contribution in [1.82, 2.24) is 9.88 Å². The van der Waals surface area contributed by atoms with Crippen LogP contribution in [0.4, 0.5) is 4.39 Å². The van der Waals surface area contributed by atoms with Crippen LogP contribution in [-0.2, 0) is 27.3 Å². The lowest BCUT2D eigenvalue weighted by Crippen LogP contribution is -2.66. The lowest BCUT2D eigenvalue weighted by molar-refractivity contribution is -0.168. The zero-order chi connectivity index (χ0) is 18.7. The second-order valence-electron chi connectivity index (χ2n) is 7.32. The van der Waals surface area contributed by atoms with Crippen LogP contribution in [0.2, 0.25) is 0 Å². The number of halogens is 1. The molecule has 2 saturated heterocycles. The molecule has 1 amide bonds. The second kappa shape index (κ2) is 7.74. The Labute approximate surface area is 158 Å². The Morgan fingerprint density at radius 1 is 1.19 bits per heavy atom. The predicted octanol–water partition coefficient (Wildman–Crippen LogP) is 2.60. The van der Waals surface area contributed by atoms with Crippen molar-refractivity contribution in [3.63, 3.8) is 0 Å². The molecule has 0 aliphatic carbocycles. The number of likely N-dealkylation sites (tertiary alicyclic amines) is 1. The summed E-state index contributed by atoms with van der Waals surface area (Å²) in [6.07, 6.45) is 4.76. The van der Waals surface area contributed by atoms with E-state index in [0.717, 1.165) is 17.5 Å². The van der Waals surface area contributed by atoms with Crippen molar-refractivity contribution in [2.75, 3.05) is 26.3 Å². The van der Waals surface area contributed by atoms with Gasteiger partial charge >= 0.3 is 0 Å². The number of pyridine rings is 1. The average molecular weight is 370 g/mol. The molecule has 0 N–H and O–H groups in total. The Morgan fingerprint density at radius 2 is 1.93 bits per heavy atom. The van der Waals surface area contributed by atoms with Crippen LogP contribution in [0.3, 0.4) is 0 Å². The summed E-state index contributed by atoms with van der Waals surface area (Å²) < 4.78 is 24.9. The highest BCUT2D eigenvalue weighted by Gasteiger charge is 2.54. The van der Waals surface area contributed by atoms with Crippen LogP contribution in [-0.4, -0.2) is 47.7 Å². The predicted molar refractivity (Wildman–Crippen MR) is 97.4 cm³/mol. The van der Waals surface area contributed by atoms with Crippen LogP contribution in [0.5, 0.6) is 0 Å². The van der Waals surface area contributed by atoms with E-state index >= 15 is 0 Å². The van der Waals surface area contributed by atoms with Gasteiger partial charge in [-0.1, -0.05) is 12.1 Å². The first-order valence-corrected chi connectivity index (χ1v) is 9.27. The zero-order valence-electron chi connectivity index (χ0n) is 15.1. The molecule has 27 heavy (non-hydrogen) atoms. The molecule has 142 valence electrons. The SMILES string of the molecule is O=C(Cc1ccc(F)cc1)N1CC2(C1)OCCC2COCc1ccncc1. The first-order valence-electron chi connectivity index (χ1n) is 9.27. The number of hydrogen-bond acceptors (Lipinski definition) is 4. The van der Waals surface area contributed by atoms with Gasteiger partial charge in [-0.25, -0.2) is 4.39 Å². The molecule has 6 heteroatoms. The molecule has 2 fully saturated rings. The normalized spacial score (nSPS) is 20.6. The van der Waals surface area contributed by atoms with Crippen LogP contribution < -0.4 is 0 Å². The molecule has 1 unspecified atom stereocenters. The van der Waals surface area contributed by atoms with Crippen LogP contribution in [0, 0.1) is 11.7 Å². The lowest BCUT2D eigenvalue weighted by atomic mass is 9.81. The maximum absolute atomic E-state index is 13.0. The van der Waals surface area contributed by atoms with E-state index < -0.39 is 0 Å². The Hall–Kier alpha value is -2.31. The van der Waals surface area contributed by atoms with Crippen molar-refractivity contribution in [2.45, 2.75) is 25.0 Å². The summed E-state index contributed by atoms with van der Waals surface area (Å²) in [5, 5.41) is 0. The molecule has 1 atom stereocenters. The van der Waals surface area contributed by atoms with E-state index in [1.54, 1.807) is 24.5 Å². The lowest BCUT2D eigenvalue weighted by Gasteiger charge is -2.50. The minimum Gasteiger partial charge on any atom is -0.376 e. The van der Waals surface area contributed by atoms with E-state index in [2.05, 4.69) is 4.98 Å². The van der Waals surface area contributed by atoms with E-state index in [9.17, 15) is 9.18 Å². The van der Waals surface area contributed by atoms with Crippen LogP contribution in [0.1, 0.15) is 17.5 Å². The fraction of sp³-hybridized carbons (Fsp3) is 0.429. The van der Waals surface area contributed by atoms with E-state index in [1.165, 1.54) is 12.1 Å². The van der Waals surface area contributed by atoms with Crippen LogP contribution in [0.25, 0.3) is 0 Å². The van der Waals surface area contributed by atoms with Gasteiger partial charge in [-0.3, -0.25) is 9.78 Å². The summed E-state index contributed by atoms with van der Waals surface area (Å²) in [5.74, 6) is 0.0662. The highest BCUT2D eigenvalue weighted by atomic mass is 19.1. The van der Waals surface area contributed by atoms with Gasteiger partial charge in [0.25, 0.3) is 0 Å². The van der Waals surface area contributed by atoms with Gasteiger partial charge in [0, 0.05) is 24.9 Å². The van der Waals surface area contributed by atoms with Crippen molar-refractivity contribution in [3.8, 4) is 0 Å². The average Bonchev–Trinajstić information content (AvgIpc) is 3.07.